The fraction of sp³-hybridized carbons (Fsp3) is 0.667. The highest BCUT2D eigenvalue weighted by Crippen LogP contribution is 2.28. The lowest BCUT2D eigenvalue weighted by atomic mass is 9.86. The van der Waals surface area contributed by atoms with E-state index in [0.29, 0.717) is 6.04 Å². The summed E-state index contributed by atoms with van der Waals surface area (Å²) in [5.41, 5.74) is 0.902. The molecule has 0 radical (unpaired) electrons. The molecule has 1 saturated carbocycles. The monoisotopic (exact) mass is 265 g/mol. The maximum atomic E-state index is 12.5. The molecule has 0 aromatic carbocycles. The summed E-state index contributed by atoms with van der Waals surface area (Å²) in [6.45, 7) is 6.42. The number of carbonyl (C=O) groups is 1. The molecule has 100 valence electrons. The van der Waals surface area contributed by atoms with Gasteiger partial charge in [-0.1, -0.05) is 6.92 Å². The number of hydrogen-bond donors (Lipinski definition) is 0. The number of aryl methyl sites for hydroxylation is 2. The average Bonchev–Trinajstić information content (AvgIpc) is 2.67. The lowest BCUT2D eigenvalue weighted by molar-refractivity contribution is 0.0679. The van der Waals surface area contributed by atoms with Gasteiger partial charge < -0.3 is 4.90 Å². The van der Waals surface area contributed by atoms with E-state index in [-0.39, 0.29) is 5.91 Å². The highest BCUT2D eigenvalue weighted by molar-refractivity contribution is 7.12. The summed E-state index contributed by atoms with van der Waals surface area (Å²) >= 11 is 1.71. The Kier molecular flexibility index (Phi) is 4.10. The number of amides is 1. The number of rotatable bonds is 2. The lowest BCUT2D eigenvalue weighted by Gasteiger charge is -2.33. The SMILES string of the molecule is Cc1cc(C(=O)N(C)C2CCC(C)CC2)c(C)s1. The quantitative estimate of drug-likeness (QED) is 0.791. The van der Waals surface area contributed by atoms with E-state index < -0.39 is 0 Å². The second-order valence-electron chi connectivity index (χ2n) is 5.66. The van der Waals surface area contributed by atoms with Gasteiger partial charge in [0.15, 0.2) is 0 Å². The van der Waals surface area contributed by atoms with Crippen LogP contribution in [0.4, 0.5) is 0 Å². The Morgan fingerprint density at radius 1 is 1.28 bits per heavy atom. The Bertz CT molecular complexity index is 430. The number of carbonyl (C=O) groups excluding carboxylic acids is 1. The molecule has 0 N–H and O–H groups in total. The molecule has 3 heteroatoms. The third-order valence-electron chi connectivity index (χ3n) is 4.12. The predicted molar refractivity (Wildman–Crippen MR) is 77.3 cm³/mol. The first-order valence-corrected chi connectivity index (χ1v) is 7.65. The van der Waals surface area contributed by atoms with Crippen molar-refractivity contribution in [2.45, 2.75) is 52.5 Å². The molecule has 1 heterocycles. The van der Waals surface area contributed by atoms with Gasteiger partial charge in [0, 0.05) is 22.8 Å². The van der Waals surface area contributed by atoms with Crippen molar-refractivity contribution in [3.8, 4) is 0 Å². The summed E-state index contributed by atoms with van der Waals surface area (Å²) in [7, 11) is 1.97. The van der Waals surface area contributed by atoms with Crippen LogP contribution in [0.3, 0.4) is 0 Å². The molecule has 0 unspecified atom stereocenters. The second-order valence-corrected chi connectivity index (χ2v) is 7.12. The van der Waals surface area contributed by atoms with Crippen molar-refractivity contribution in [3.63, 3.8) is 0 Å². The van der Waals surface area contributed by atoms with Gasteiger partial charge in [-0.3, -0.25) is 4.79 Å². The minimum atomic E-state index is 0.205. The van der Waals surface area contributed by atoms with Gasteiger partial charge in [-0.2, -0.15) is 0 Å². The summed E-state index contributed by atoms with van der Waals surface area (Å²) < 4.78 is 0. The van der Waals surface area contributed by atoms with Gasteiger partial charge in [-0.05, 0) is 51.5 Å². The molecule has 0 saturated heterocycles. The molecular weight excluding hydrogens is 242 g/mol. The van der Waals surface area contributed by atoms with E-state index >= 15 is 0 Å². The third kappa shape index (κ3) is 2.77. The highest BCUT2D eigenvalue weighted by Gasteiger charge is 2.26. The maximum absolute atomic E-state index is 12.5. The Hall–Kier alpha value is -0.830. The summed E-state index contributed by atoms with van der Waals surface area (Å²) in [5, 5.41) is 0. The van der Waals surface area contributed by atoms with E-state index in [4.69, 9.17) is 0 Å². The summed E-state index contributed by atoms with van der Waals surface area (Å²) in [6.07, 6.45) is 4.82. The van der Waals surface area contributed by atoms with Crippen molar-refractivity contribution in [1.29, 1.82) is 0 Å². The molecule has 1 amide bonds. The second kappa shape index (κ2) is 5.43. The molecular formula is C15H23NOS. The van der Waals surface area contributed by atoms with Crippen LogP contribution in [0.5, 0.6) is 0 Å². The van der Waals surface area contributed by atoms with Crippen LogP contribution in [0.15, 0.2) is 6.07 Å². The predicted octanol–water partition coefficient (Wildman–Crippen LogP) is 4.02. The Labute approximate surface area is 114 Å². The van der Waals surface area contributed by atoms with Gasteiger partial charge in [-0.15, -0.1) is 11.3 Å². The van der Waals surface area contributed by atoms with E-state index in [1.54, 1.807) is 11.3 Å². The molecule has 2 rings (SSSR count). The van der Waals surface area contributed by atoms with Crippen LogP contribution in [-0.2, 0) is 0 Å². The molecule has 0 aliphatic heterocycles. The number of hydrogen-bond acceptors (Lipinski definition) is 2. The summed E-state index contributed by atoms with van der Waals surface area (Å²) in [4.78, 5) is 16.8. The first-order valence-electron chi connectivity index (χ1n) is 6.83. The molecule has 1 aromatic rings. The largest absolute Gasteiger partial charge is 0.339 e. The van der Waals surface area contributed by atoms with Gasteiger partial charge in [-0.25, -0.2) is 0 Å². The molecule has 2 nitrogen and oxygen atoms in total. The molecule has 1 aromatic heterocycles. The Balaban J connectivity index is 2.07. The first-order chi connectivity index (χ1) is 8.49. The smallest absolute Gasteiger partial charge is 0.254 e. The van der Waals surface area contributed by atoms with E-state index in [9.17, 15) is 4.79 Å². The van der Waals surface area contributed by atoms with E-state index in [1.807, 2.05) is 24.9 Å². The van der Waals surface area contributed by atoms with E-state index in [2.05, 4.69) is 13.8 Å². The zero-order valence-corrected chi connectivity index (χ0v) is 12.6. The first kappa shape index (κ1) is 13.6. The minimum absolute atomic E-state index is 0.205. The van der Waals surface area contributed by atoms with Crippen LogP contribution in [0.1, 0.15) is 52.7 Å². The Morgan fingerprint density at radius 3 is 2.39 bits per heavy atom. The van der Waals surface area contributed by atoms with Crippen molar-refractivity contribution in [1.82, 2.24) is 4.90 Å². The molecule has 0 atom stereocenters. The molecule has 18 heavy (non-hydrogen) atoms. The third-order valence-corrected chi connectivity index (χ3v) is 5.09. The van der Waals surface area contributed by atoms with Crippen molar-refractivity contribution in [2.75, 3.05) is 7.05 Å². The molecule has 1 fully saturated rings. The molecule has 0 bridgehead atoms. The van der Waals surface area contributed by atoms with E-state index in [0.717, 1.165) is 29.2 Å². The average molecular weight is 265 g/mol. The van der Waals surface area contributed by atoms with Crippen molar-refractivity contribution in [2.24, 2.45) is 5.92 Å². The zero-order chi connectivity index (χ0) is 13.3. The van der Waals surface area contributed by atoms with Crippen LogP contribution >= 0.6 is 11.3 Å². The zero-order valence-electron chi connectivity index (χ0n) is 11.8. The standard InChI is InChI=1S/C15H23NOS/c1-10-5-7-13(8-6-10)16(4)15(17)14-9-11(2)18-12(14)3/h9-10,13H,5-8H2,1-4H3. The summed E-state index contributed by atoms with van der Waals surface area (Å²) in [6, 6.07) is 2.47. The summed E-state index contributed by atoms with van der Waals surface area (Å²) in [5.74, 6) is 1.03. The van der Waals surface area contributed by atoms with E-state index in [1.165, 1.54) is 17.7 Å². The van der Waals surface area contributed by atoms with Crippen molar-refractivity contribution in [3.05, 3.63) is 21.4 Å². The van der Waals surface area contributed by atoms with Crippen LogP contribution in [-0.4, -0.2) is 23.9 Å². The molecule has 1 aliphatic carbocycles. The van der Waals surface area contributed by atoms with Crippen molar-refractivity contribution >= 4 is 17.2 Å². The fourth-order valence-corrected chi connectivity index (χ4v) is 3.74. The van der Waals surface area contributed by atoms with Crippen LogP contribution in [0, 0.1) is 19.8 Å². The maximum Gasteiger partial charge on any atom is 0.254 e. The molecule has 1 aliphatic rings. The van der Waals surface area contributed by atoms with Crippen molar-refractivity contribution < 1.29 is 4.79 Å². The highest BCUT2D eigenvalue weighted by atomic mass is 32.1. The number of thiophene rings is 1. The fourth-order valence-electron chi connectivity index (χ4n) is 2.83. The minimum Gasteiger partial charge on any atom is -0.339 e. The van der Waals surface area contributed by atoms with Gasteiger partial charge in [0.05, 0.1) is 5.56 Å². The lowest BCUT2D eigenvalue weighted by Crippen LogP contribution is -2.39. The van der Waals surface area contributed by atoms with Gasteiger partial charge in [0.25, 0.3) is 5.91 Å². The molecule has 0 spiro atoms. The van der Waals surface area contributed by atoms with Gasteiger partial charge in [0.2, 0.25) is 0 Å². The van der Waals surface area contributed by atoms with Crippen LogP contribution in [0.25, 0.3) is 0 Å². The van der Waals surface area contributed by atoms with Crippen LogP contribution < -0.4 is 0 Å². The number of nitrogens with zero attached hydrogens (tertiary/aromatic N) is 1. The Morgan fingerprint density at radius 2 is 1.89 bits per heavy atom. The van der Waals surface area contributed by atoms with Gasteiger partial charge >= 0.3 is 0 Å². The van der Waals surface area contributed by atoms with Gasteiger partial charge in [0.1, 0.15) is 0 Å². The normalized spacial score (nSPS) is 24.0. The van der Waals surface area contributed by atoms with Crippen LogP contribution in [0.2, 0.25) is 0 Å². The topological polar surface area (TPSA) is 20.3 Å².